The highest BCUT2D eigenvalue weighted by Crippen LogP contribution is 2.34. The zero-order valence-corrected chi connectivity index (χ0v) is 17.0. The van der Waals surface area contributed by atoms with Crippen LogP contribution < -0.4 is 4.57 Å². The predicted octanol–water partition coefficient (Wildman–Crippen LogP) is 3.70. The summed E-state index contributed by atoms with van der Waals surface area (Å²) in [7, 11) is 0. The topological polar surface area (TPSA) is 91.6 Å². The summed E-state index contributed by atoms with van der Waals surface area (Å²) in [6.07, 6.45) is 5.10. The lowest BCUT2D eigenvalue weighted by atomic mass is 10.1. The van der Waals surface area contributed by atoms with Gasteiger partial charge < -0.3 is 10.2 Å². The predicted molar refractivity (Wildman–Crippen MR) is 113 cm³/mol. The van der Waals surface area contributed by atoms with Crippen LogP contribution in [0.2, 0.25) is 0 Å². The first-order valence-electron chi connectivity index (χ1n) is 9.03. The van der Waals surface area contributed by atoms with E-state index in [1.54, 1.807) is 29.1 Å². The van der Waals surface area contributed by atoms with Crippen molar-refractivity contribution in [2.45, 2.75) is 0 Å². The SMILES string of the molecule is O=C(c1cc(-c2nnc3ccc(Br)cn23)c(O)cc1O)[n+]1ccc2ccccc2c1. The van der Waals surface area contributed by atoms with Gasteiger partial charge in [-0.05, 0) is 45.6 Å². The molecule has 8 heteroatoms. The normalized spacial score (nSPS) is 11.2. The fraction of sp³-hybridized carbons (Fsp3) is 0. The molecule has 0 fully saturated rings. The molecule has 0 amide bonds. The largest absolute Gasteiger partial charge is 0.507 e. The van der Waals surface area contributed by atoms with Crippen LogP contribution in [-0.4, -0.2) is 30.7 Å². The lowest BCUT2D eigenvalue weighted by Gasteiger charge is -2.07. The van der Waals surface area contributed by atoms with Crippen molar-refractivity contribution in [2.24, 2.45) is 0 Å². The average molecular weight is 462 g/mol. The van der Waals surface area contributed by atoms with Crippen molar-refractivity contribution < 1.29 is 19.6 Å². The monoisotopic (exact) mass is 461 g/mol. The molecule has 30 heavy (non-hydrogen) atoms. The van der Waals surface area contributed by atoms with Gasteiger partial charge in [0.25, 0.3) is 0 Å². The number of phenols is 2. The molecule has 5 aromatic rings. The van der Waals surface area contributed by atoms with Gasteiger partial charge in [-0.3, -0.25) is 4.40 Å². The van der Waals surface area contributed by atoms with Gasteiger partial charge in [0.05, 0.1) is 5.56 Å². The number of nitrogens with zero attached hydrogens (tertiary/aromatic N) is 4. The van der Waals surface area contributed by atoms with Crippen LogP contribution in [0, 0.1) is 0 Å². The fourth-order valence-corrected chi connectivity index (χ4v) is 3.71. The van der Waals surface area contributed by atoms with Gasteiger partial charge in [-0.15, -0.1) is 14.8 Å². The molecule has 0 saturated heterocycles. The Kier molecular flexibility index (Phi) is 4.22. The number of phenolic OH excluding ortho intramolecular Hbond substituents is 2. The number of rotatable bonds is 2. The fourth-order valence-electron chi connectivity index (χ4n) is 3.38. The quantitative estimate of drug-likeness (QED) is 0.391. The molecule has 2 N–H and O–H groups in total. The zero-order chi connectivity index (χ0) is 20.8. The number of pyridine rings is 2. The molecule has 2 aromatic carbocycles. The first-order chi connectivity index (χ1) is 14.5. The highest BCUT2D eigenvalue weighted by molar-refractivity contribution is 9.10. The van der Waals surface area contributed by atoms with Crippen molar-refractivity contribution in [3.05, 3.63) is 83.2 Å². The van der Waals surface area contributed by atoms with Crippen LogP contribution in [0.1, 0.15) is 10.4 Å². The van der Waals surface area contributed by atoms with E-state index < -0.39 is 5.91 Å². The molecule has 0 radical (unpaired) electrons. The smallest absolute Gasteiger partial charge is 0.428 e. The summed E-state index contributed by atoms with van der Waals surface area (Å²) >= 11 is 3.41. The Bertz CT molecular complexity index is 1460. The van der Waals surface area contributed by atoms with Crippen LogP contribution in [0.3, 0.4) is 0 Å². The van der Waals surface area contributed by atoms with Crippen molar-refractivity contribution in [1.82, 2.24) is 14.6 Å². The molecule has 0 spiro atoms. The first kappa shape index (κ1) is 18.3. The van der Waals surface area contributed by atoms with Crippen molar-refractivity contribution in [2.75, 3.05) is 0 Å². The van der Waals surface area contributed by atoms with E-state index in [1.165, 1.54) is 10.6 Å². The number of carbonyl (C=O) groups excluding carboxylic acids is 1. The minimum atomic E-state index is -0.436. The third kappa shape index (κ3) is 2.98. The second kappa shape index (κ2) is 6.93. The van der Waals surface area contributed by atoms with Gasteiger partial charge in [0, 0.05) is 28.2 Å². The van der Waals surface area contributed by atoms with E-state index in [4.69, 9.17) is 0 Å². The molecule has 3 aromatic heterocycles. The summed E-state index contributed by atoms with van der Waals surface area (Å²) in [5, 5.41) is 30.9. The van der Waals surface area contributed by atoms with Crippen LogP contribution in [0.15, 0.2) is 77.7 Å². The highest BCUT2D eigenvalue weighted by Gasteiger charge is 2.25. The Morgan fingerprint density at radius 3 is 2.60 bits per heavy atom. The molecule has 0 aliphatic rings. The second-order valence-electron chi connectivity index (χ2n) is 6.77. The first-order valence-corrected chi connectivity index (χ1v) is 9.82. The van der Waals surface area contributed by atoms with Crippen molar-refractivity contribution >= 4 is 38.3 Å². The molecule has 0 saturated carbocycles. The van der Waals surface area contributed by atoms with Gasteiger partial charge in [0.1, 0.15) is 17.1 Å². The van der Waals surface area contributed by atoms with E-state index in [0.717, 1.165) is 21.3 Å². The van der Waals surface area contributed by atoms with Crippen LogP contribution >= 0.6 is 15.9 Å². The Hall–Kier alpha value is -3.78. The molecule has 3 heterocycles. The van der Waals surface area contributed by atoms with Gasteiger partial charge >= 0.3 is 5.91 Å². The lowest BCUT2D eigenvalue weighted by Crippen LogP contribution is -2.42. The number of hydrogen-bond acceptors (Lipinski definition) is 5. The van der Waals surface area contributed by atoms with E-state index in [9.17, 15) is 15.0 Å². The van der Waals surface area contributed by atoms with Crippen LogP contribution in [0.5, 0.6) is 11.5 Å². The molecule has 146 valence electrons. The van der Waals surface area contributed by atoms with E-state index in [1.807, 2.05) is 36.4 Å². The molecule has 0 bridgehead atoms. The Morgan fingerprint density at radius 2 is 1.77 bits per heavy atom. The summed E-state index contributed by atoms with van der Waals surface area (Å²) in [5.74, 6) is -0.616. The van der Waals surface area contributed by atoms with Gasteiger partial charge in [-0.1, -0.05) is 18.2 Å². The van der Waals surface area contributed by atoms with Crippen LogP contribution in [0.4, 0.5) is 0 Å². The molecular weight excluding hydrogens is 448 g/mol. The maximum absolute atomic E-state index is 13.1. The highest BCUT2D eigenvalue weighted by atomic mass is 79.9. The van der Waals surface area contributed by atoms with E-state index in [2.05, 4.69) is 26.1 Å². The molecule has 0 aliphatic heterocycles. The standard InChI is InChI=1S/C22H13BrN4O3/c23-15-5-6-20-24-25-21(27(20)12-15)16-9-17(19(29)10-18(16)28)22(30)26-8-7-13-3-1-2-4-14(13)11-26/h1-12H,(H-,25,28,29,30)/p+1. The number of aromatic nitrogens is 4. The molecule has 5 rings (SSSR count). The maximum atomic E-state index is 13.1. The van der Waals surface area contributed by atoms with E-state index >= 15 is 0 Å². The minimum absolute atomic E-state index is 0.0369. The van der Waals surface area contributed by atoms with Crippen molar-refractivity contribution in [3.8, 4) is 22.9 Å². The summed E-state index contributed by atoms with van der Waals surface area (Å²) < 4.78 is 3.89. The summed E-state index contributed by atoms with van der Waals surface area (Å²) in [5.41, 5.74) is 0.899. The second-order valence-corrected chi connectivity index (χ2v) is 7.69. The number of hydrogen-bond donors (Lipinski definition) is 2. The van der Waals surface area contributed by atoms with E-state index in [-0.39, 0.29) is 22.6 Å². The van der Waals surface area contributed by atoms with Crippen molar-refractivity contribution in [1.29, 1.82) is 0 Å². The summed E-state index contributed by atoms with van der Waals surface area (Å²) in [4.78, 5) is 13.1. The zero-order valence-electron chi connectivity index (χ0n) is 15.4. The van der Waals surface area contributed by atoms with Gasteiger partial charge in [0.2, 0.25) is 0 Å². The van der Waals surface area contributed by atoms with Gasteiger partial charge in [-0.25, -0.2) is 4.79 Å². The van der Waals surface area contributed by atoms with Crippen LogP contribution in [0.25, 0.3) is 27.8 Å². The summed E-state index contributed by atoms with van der Waals surface area (Å²) in [6.45, 7) is 0. The molecule has 7 nitrogen and oxygen atoms in total. The lowest BCUT2D eigenvalue weighted by molar-refractivity contribution is -0.569. The number of benzene rings is 2. The number of carbonyl (C=O) groups is 1. The Morgan fingerprint density at radius 1 is 0.967 bits per heavy atom. The molecular formula is C22H14BrN4O3+. The minimum Gasteiger partial charge on any atom is -0.507 e. The number of aromatic hydroxyl groups is 2. The van der Waals surface area contributed by atoms with Gasteiger partial charge in [-0.2, -0.15) is 0 Å². The molecule has 0 unspecified atom stereocenters. The average Bonchev–Trinajstić information content (AvgIpc) is 3.16. The molecule has 0 atom stereocenters. The Balaban J connectivity index is 1.65. The van der Waals surface area contributed by atoms with Gasteiger partial charge in [0.15, 0.2) is 23.9 Å². The number of fused-ring (bicyclic) bond motifs is 2. The third-order valence-corrected chi connectivity index (χ3v) is 5.34. The molecule has 0 aliphatic carbocycles. The van der Waals surface area contributed by atoms with E-state index in [0.29, 0.717) is 11.5 Å². The maximum Gasteiger partial charge on any atom is 0.428 e. The van der Waals surface area contributed by atoms with Crippen LogP contribution in [-0.2, 0) is 0 Å². The number of halogens is 1. The van der Waals surface area contributed by atoms with Crippen molar-refractivity contribution in [3.63, 3.8) is 0 Å². The third-order valence-electron chi connectivity index (χ3n) is 4.87. The summed E-state index contributed by atoms with van der Waals surface area (Å²) in [6, 6.07) is 15.7. The Labute approximate surface area is 178 Å².